The smallest absolute Gasteiger partial charge is 0.120 e. The van der Waals surface area contributed by atoms with E-state index in [4.69, 9.17) is 4.74 Å². The Kier molecular flexibility index (Phi) is 5.89. The molecule has 0 saturated carbocycles. The molecule has 18 heavy (non-hydrogen) atoms. The predicted molar refractivity (Wildman–Crippen MR) is 84.3 cm³/mol. The summed E-state index contributed by atoms with van der Waals surface area (Å²) >= 11 is 6.84. The number of ether oxygens (including phenoxy) is 1. The van der Waals surface area contributed by atoms with E-state index < -0.39 is 0 Å². The van der Waals surface area contributed by atoms with Gasteiger partial charge in [0.05, 0.1) is 0 Å². The van der Waals surface area contributed by atoms with E-state index in [9.17, 15) is 0 Å². The van der Waals surface area contributed by atoms with Gasteiger partial charge < -0.3 is 10.1 Å². The lowest BCUT2D eigenvalue weighted by Crippen LogP contribution is -2.35. The third-order valence-electron chi connectivity index (χ3n) is 2.22. The largest absolute Gasteiger partial charge is 0.488 e. The van der Waals surface area contributed by atoms with E-state index in [-0.39, 0.29) is 5.54 Å². The van der Waals surface area contributed by atoms with Gasteiger partial charge in [-0.3, -0.25) is 0 Å². The van der Waals surface area contributed by atoms with Crippen LogP contribution < -0.4 is 10.1 Å². The van der Waals surface area contributed by atoms with Crippen LogP contribution in [0, 0.1) is 0 Å². The highest BCUT2D eigenvalue weighted by molar-refractivity contribution is 9.11. The van der Waals surface area contributed by atoms with Crippen molar-refractivity contribution in [3.63, 3.8) is 0 Å². The average Bonchev–Trinajstić information content (AvgIpc) is 2.25. The van der Waals surface area contributed by atoms with Crippen LogP contribution in [0.4, 0.5) is 0 Å². The van der Waals surface area contributed by atoms with Gasteiger partial charge in [0.2, 0.25) is 0 Å². The number of hydrogen-bond acceptors (Lipinski definition) is 2. The van der Waals surface area contributed by atoms with Gasteiger partial charge >= 0.3 is 0 Å². The minimum absolute atomic E-state index is 0.0977. The number of nitrogens with one attached hydrogen (secondary N) is 1. The molecular weight excluding hydrogens is 358 g/mol. The van der Waals surface area contributed by atoms with Crippen molar-refractivity contribution < 1.29 is 4.74 Å². The molecule has 0 amide bonds. The topological polar surface area (TPSA) is 21.3 Å². The van der Waals surface area contributed by atoms with Crippen LogP contribution in [0.25, 0.3) is 0 Å². The molecule has 100 valence electrons. The van der Waals surface area contributed by atoms with Gasteiger partial charge in [-0.1, -0.05) is 38.4 Å². The van der Waals surface area contributed by atoms with Gasteiger partial charge in [-0.05, 0) is 44.5 Å². The van der Waals surface area contributed by atoms with Crippen molar-refractivity contribution in [1.29, 1.82) is 0 Å². The Bertz CT molecular complexity index is 424. The maximum absolute atomic E-state index is 5.60. The molecule has 4 heteroatoms. The number of rotatable bonds is 5. The van der Waals surface area contributed by atoms with Crippen molar-refractivity contribution in [3.8, 4) is 5.75 Å². The first-order valence-corrected chi connectivity index (χ1v) is 7.36. The zero-order valence-corrected chi connectivity index (χ0v) is 14.2. The van der Waals surface area contributed by atoms with Crippen LogP contribution in [-0.2, 0) is 6.54 Å². The molecule has 0 bridgehead atoms. The van der Waals surface area contributed by atoms with Gasteiger partial charge in [0.25, 0.3) is 0 Å². The Balaban J connectivity index is 2.71. The fourth-order valence-corrected chi connectivity index (χ4v) is 1.80. The molecule has 0 heterocycles. The fraction of sp³-hybridized carbons (Fsp3) is 0.429. The molecule has 0 aromatic heterocycles. The normalized spacial score (nSPS) is 11.4. The second-order valence-electron chi connectivity index (χ2n) is 5.16. The molecule has 1 aromatic rings. The molecule has 0 unspecified atom stereocenters. The molecule has 0 aliphatic rings. The van der Waals surface area contributed by atoms with Crippen molar-refractivity contribution in [3.05, 3.63) is 39.3 Å². The van der Waals surface area contributed by atoms with Gasteiger partial charge in [-0.15, -0.1) is 0 Å². The highest BCUT2D eigenvalue weighted by Gasteiger charge is 2.10. The summed E-state index contributed by atoms with van der Waals surface area (Å²) in [5.74, 6) is 0.851. The molecule has 1 N–H and O–H groups in total. The van der Waals surface area contributed by atoms with E-state index >= 15 is 0 Å². The molecule has 2 nitrogen and oxygen atoms in total. The van der Waals surface area contributed by atoms with Crippen LogP contribution in [0.2, 0.25) is 0 Å². The molecule has 0 atom stereocenters. The van der Waals surface area contributed by atoms with Crippen molar-refractivity contribution in [2.45, 2.75) is 32.9 Å². The van der Waals surface area contributed by atoms with Crippen LogP contribution in [-0.4, -0.2) is 12.1 Å². The molecule has 0 spiro atoms. The zero-order valence-electron chi connectivity index (χ0n) is 11.0. The highest BCUT2D eigenvalue weighted by Crippen LogP contribution is 2.23. The Morgan fingerprint density at radius 2 is 2.06 bits per heavy atom. The van der Waals surface area contributed by atoms with E-state index in [0.717, 1.165) is 21.2 Å². The Hall–Kier alpha value is -0.320. The van der Waals surface area contributed by atoms with Crippen LogP contribution in [0.15, 0.2) is 33.7 Å². The summed E-state index contributed by atoms with van der Waals surface area (Å²) < 4.78 is 7.52. The zero-order chi connectivity index (χ0) is 13.8. The van der Waals surface area contributed by atoms with Gasteiger partial charge in [0.1, 0.15) is 12.4 Å². The lowest BCUT2D eigenvalue weighted by atomic mass is 10.1. The monoisotopic (exact) mass is 375 g/mol. The Labute approximate surface area is 126 Å². The van der Waals surface area contributed by atoms with Gasteiger partial charge in [-0.2, -0.15) is 0 Å². The summed E-state index contributed by atoms with van der Waals surface area (Å²) in [6.07, 6.45) is 0. The van der Waals surface area contributed by atoms with Gasteiger partial charge in [-0.25, -0.2) is 0 Å². The molecule has 1 rings (SSSR count). The lowest BCUT2D eigenvalue weighted by Gasteiger charge is -2.21. The fourth-order valence-electron chi connectivity index (χ4n) is 1.30. The van der Waals surface area contributed by atoms with E-state index in [1.807, 2.05) is 18.2 Å². The molecule has 0 aliphatic carbocycles. The van der Waals surface area contributed by atoms with Gasteiger partial charge in [0.15, 0.2) is 0 Å². The Morgan fingerprint density at radius 3 is 2.61 bits per heavy atom. The molecule has 0 aliphatic heterocycles. The lowest BCUT2D eigenvalue weighted by molar-refractivity contribution is 0.359. The minimum Gasteiger partial charge on any atom is -0.488 e. The SMILES string of the molecule is C=C(Br)COc1ccc(Br)c(CNC(C)(C)C)c1. The number of hydrogen-bond donors (Lipinski definition) is 1. The van der Waals surface area contributed by atoms with Crippen LogP contribution in [0.3, 0.4) is 0 Å². The minimum atomic E-state index is 0.0977. The molecular formula is C14H19Br2NO. The molecule has 1 aromatic carbocycles. The number of halogens is 2. The first-order valence-electron chi connectivity index (χ1n) is 5.77. The quantitative estimate of drug-likeness (QED) is 0.809. The van der Waals surface area contributed by atoms with E-state index in [1.54, 1.807) is 0 Å². The van der Waals surface area contributed by atoms with E-state index in [0.29, 0.717) is 6.61 Å². The van der Waals surface area contributed by atoms with Crippen molar-refractivity contribution in [2.75, 3.05) is 6.61 Å². The summed E-state index contributed by atoms with van der Waals surface area (Å²) in [6, 6.07) is 5.99. The third kappa shape index (κ3) is 6.03. The average molecular weight is 377 g/mol. The summed E-state index contributed by atoms with van der Waals surface area (Å²) in [4.78, 5) is 0. The maximum atomic E-state index is 5.60. The second-order valence-corrected chi connectivity index (χ2v) is 7.14. The van der Waals surface area contributed by atoms with Crippen molar-refractivity contribution >= 4 is 31.9 Å². The number of benzene rings is 1. The van der Waals surface area contributed by atoms with E-state index in [2.05, 4.69) is 64.5 Å². The van der Waals surface area contributed by atoms with Crippen LogP contribution >= 0.6 is 31.9 Å². The summed E-state index contributed by atoms with van der Waals surface area (Å²) in [5.41, 5.74) is 1.28. The standard InChI is InChI=1S/C14H19Br2NO/c1-10(15)9-18-12-5-6-13(16)11(7-12)8-17-14(2,3)4/h5-7,17H,1,8-9H2,2-4H3. The highest BCUT2D eigenvalue weighted by atomic mass is 79.9. The summed E-state index contributed by atoms with van der Waals surface area (Å²) in [7, 11) is 0. The first-order chi connectivity index (χ1) is 8.28. The van der Waals surface area contributed by atoms with Crippen molar-refractivity contribution in [1.82, 2.24) is 5.32 Å². The maximum Gasteiger partial charge on any atom is 0.120 e. The summed E-state index contributed by atoms with van der Waals surface area (Å²) in [5, 5.41) is 3.46. The molecule has 0 radical (unpaired) electrons. The molecule has 0 fully saturated rings. The van der Waals surface area contributed by atoms with E-state index in [1.165, 1.54) is 5.56 Å². The second kappa shape index (κ2) is 6.73. The Morgan fingerprint density at radius 1 is 1.39 bits per heavy atom. The first kappa shape index (κ1) is 15.7. The predicted octanol–water partition coefficient (Wildman–Crippen LogP) is 4.62. The van der Waals surface area contributed by atoms with Gasteiger partial charge in [0, 0.05) is 21.0 Å². The molecule has 0 saturated heterocycles. The van der Waals surface area contributed by atoms with Crippen molar-refractivity contribution in [2.24, 2.45) is 0 Å². The van der Waals surface area contributed by atoms with Crippen LogP contribution in [0.1, 0.15) is 26.3 Å². The van der Waals surface area contributed by atoms with Crippen LogP contribution in [0.5, 0.6) is 5.75 Å². The third-order valence-corrected chi connectivity index (χ3v) is 3.22. The summed E-state index contributed by atoms with van der Waals surface area (Å²) in [6.45, 7) is 11.5.